The summed E-state index contributed by atoms with van der Waals surface area (Å²) in [6, 6.07) is 1.45. The van der Waals surface area contributed by atoms with Gasteiger partial charge >= 0.3 is 11.7 Å². The van der Waals surface area contributed by atoms with Crippen LogP contribution in [0, 0.1) is 10.1 Å². The molecule has 1 aromatic heterocycles. The molecule has 0 aliphatic carbocycles. The van der Waals surface area contributed by atoms with Crippen LogP contribution in [0.3, 0.4) is 0 Å². The van der Waals surface area contributed by atoms with Crippen molar-refractivity contribution in [3.63, 3.8) is 0 Å². The highest BCUT2D eigenvalue weighted by atomic mass is 16.6. The third-order valence-corrected chi connectivity index (χ3v) is 3.29. The molecule has 2 aromatic rings. The summed E-state index contributed by atoms with van der Waals surface area (Å²) in [5.74, 6) is -1.24. The van der Waals surface area contributed by atoms with Crippen molar-refractivity contribution < 1.29 is 29.1 Å². The number of carbonyl (C=O) groups excluding carboxylic acids is 1. The number of aliphatic carboxylic acids is 1. The fraction of sp³-hybridized carbons (Fsp3) is 0.286. The molecule has 0 saturated carbocycles. The molecule has 0 saturated heterocycles. The Morgan fingerprint density at radius 1 is 1.52 bits per heavy atom. The fourth-order valence-corrected chi connectivity index (χ4v) is 1.94. The lowest BCUT2D eigenvalue weighted by molar-refractivity contribution is -0.386. The average molecular weight is 350 g/mol. The lowest BCUT2D eigenvalue weighted by Crippen LogP contribution is -2.16. The SMILES string of the molecule is COc1cc(C=O)cc([N+](=O)[O-])c1OCc1cn(C(C)C(=O)O)nn1. The maximum Gasteiger partial charge on any atom is 0.328 e. The molecule has 0 aliphatic rings. The summed E-state index contributed by atoms with van der Waals surface area (Å²) in [6.07, 6.45) is 1.81. The first kappa shape index (κ1) is 17.8. The molecular formula is C14H14N4O7. The highest BCUT2D eigenvalue weighted by molar-refractivity contribution is 5.79. The number of hydrogen-bond acceptors (Lipinski definition) is 8. The number of nitro benzene ring substituents is 1. The van der Waals surface area contributed by atoms with E-state index in [0.29, 0.717) is 6.29 Å². The number of carbonyl (C=O) groups is 2. The molecule has 0 aliphatic heterocycles. The summed E-state index contributed by atoms with van der Waals surface area (Å²) < 4.78 is 11.6. The van der Waals surface area contributed by atoms with E-state index in [0.717, 1.165) is 10.7 Å². The molecule has 1 heterocycles. The molecule has 0 spiro atoms. The maximum absolute atomic E-state index is 11.2. The van der Waals surface area contributed by atoms with Crippen molar-refractivity contribution in [3.8, 4) is 11.5 Å². The Labute approximate surface area is 140 Å². The van der Waals surface area contributed by atoms with Crippen LogP contribution in [-0.4, -0.2) is 44.4 Å². The van der Waals surface area contributed by atoms with E-state index in [1.165, 1.54) is 26.3 Å². The van der Waals surface area contributed by atoms with E-state index < -0.39 is 22.6 Å². The molecule has 1 N–H and O–H groups in total. The molecular weight excluding hydrogens is 336 g/mol. The normalized spacial score (nSPS) is 11.6. The third-order valence-electron chi connectivity index (χ3n) is 3.29. The van der Waals surface area contributed by atoms with Gasteiger partial charge in [0.1, 0.15) is 24.6 Å². The quantitative estimate of drug-likeness (QED) is 0.421. The van der Waals surface area contributed by atoms with Gasteiger partial charge < -0.3 is 14.6 Å². The first-order valence-electron chi connectivity index (χ1n) is 6.95. The zero-order valence-corrected chi connectivity index (χ0v) is 13.3. The Balaban J connectivity index is 2.27. The lowest BCUT2D eigenvalue weighted by Gasteiger charge is -2.10. The van der Waals surface area contributed by atoms with Crippen molar-refractivity contribution in [1.29, 1.82) is 0 Å². The number of carboxylic acid groups (broad SMARTS) is 1. The van der Waals surface area contributed by atoms with Crippen LogP contribution in [-0.2, 0) is 11.4 Å². The number of ether oxygens (including phenoxy) is 2. The second-order valence-electron chi connectivity index (χ2n) is 4.94. The van der Waals surface area contributed by atoms with Gasteiger partial charge in [0, 0.05) is 11.6 Å². The van der Waals surface area contributed by atoms with Crippen LogP contribution >= 0.6 is 0 Å². The van der Waals surface area contributed by atoms with E-state index in [4.69, 9.17) is 14.6 Å². The van der Waals surface area contributed by atoms with E-state index in [1.54, 1.807) is 0 Å². The van der Waals surface area contributed by atoms with E-state index in [-0.39, 0.29) is 29.4 Å². The molecule has 0 amide bonds. The summed E-state index contributed by atoms with van der Waals surface area (Å²) >= 11 is 0. The summed E-state index contributed by atoms with van der Waals surface area (Å²) in [5, 5.41) is 27.6. The van der Waals surface area contributed by atoms with E-state index in [2.05, 4.69) is 10.3 Å². The highest BCUT2D eigenvalue weighted by Crippen LogP contribution is 2.38. The van der Waals surface area contributed by atoms with Gasteiger partial charge in [-0.25, -0.2) is 9.48 Å². The fourth-order valence-electron chi connectivity index (χ4n) is 1.94. The van der Waals surface area contributed by atoms with Gasteiger partial charge in [0.2, 0.25) is 5.75 Å². The largest absolute Gasteiger partial charge is 0.493 e. The topological polar surface area (TPSA) is 147 Å². The zero-order valence-electron chi connectivity index (χ0n) is 13.3. The number of hydrogen-bond donors (Lipinski definition) is 1. The molecule has 2 rings (SSSR count). The molecule has 25 heavy (non-hydrogen) atoms. The Morgan fingerprint density at radius 3 is 2.80 bits per heavy atom. The number of rotatable bonds is 8. The van der Waals surface area contributed by atoms with Gasteiger partial charge in [0.05, 0.1) is 18.2 Å². The van der Waals surface area contributed by atoms with Gasteiger partial charge in [-0.15, -0.1) is 5.10 Å². The molecule has 0 radical (unpaired) electrons. The standard InChI is InChI=1S/C14H14N4O7/c1-8(14(20)21)17-5-10(15-16-17)7-25-13-11(18(22)23)3-9(6-19)4-12(13)24-2/h3-6,8H,7H2,1-2H3,(H,20,21). The Bertz CT molecular complexity index is 818. The minimum atomic E-state index is -1.08. The maximum atomic E-state index is 11.2. The molecule has 1 atom stereocenters. The molecule has 11 nitrogen and oxygen atoms in total. The molecule has 1 aromatic carbocycles. The van der Waals surface area contributed by atoms with Crippen molar-refractivity contribution in [3.05, 3.63) is 39.7 Å². The monoisotopic (exact) mass is 350 g/mol. The predicted octanol–water partition coefficient (Wildman–Crippen LogP) is 1.23. The molecule has 132 valence electrons. The van der Waals surface area contributed by atoms with Crippen molar-refractivity contribution in [2.45, 2.75) is 19.6 Å². The molecule has 1 unspecified atom stereocenters. The van der Waals surface area contributed by atoms with E-state index in [1.807, 2.05) is 0 Å². The minimum absolute atomic E-state index is 0.0163. The summed E-state index contributed by atoms with van der Waals surface area (Å²) in [4.78, 5) is 32.3. The first-order valence-corrected chi connectivity index (χ1v) is 6.95. The van der Waals surface area contributed by atoms with Crippen LogP contribution in [0.2, 0.25) is 0 Å². The smallest absolute Gasteiger partial charge is 0.328 e. The molecule has 11 heteroatoms. The van der Waals surface area contributed by atoms with Gasteiger partial charge in [-0.3, -0.25) is 14.9 Å². The van der Waals surface area contributed by atoms with Crippen LogP contribution < -0.4 is 9.47 Å². The van der Waals surface area contributed by atoms with Crippen LogP contribution in [0.15, 0.2) is 18.3 Å². The van der Waals surface area contributed by atoms with Gasteiger partial charge in [0.15, 0.2) is 5.75 Å². The Hall–Kier alpha value is -3.50. The lowest BCUT2D eigenvalue weighted by atomic mass is 10.2. The van der Waals surface area contributed by atoms with Crippen molar-refractivity contribution >= 4 is 17.9 Å². The van der Waals surface area contributed by atoms with Crippen molar-refractivity contribution in [1.82, 2.24) is 15.0 Å². The number of methoxy groups -OCH3 is 1. The number of carboxylic acids is 1. The number of aromatic nitrogens is 3. The second kappa shape index (κ2) is 7.38. The molecule has 0 bridgehead atoms. The van der Waals surface area contributed by atoms with E-state index >= 15 is 0 Å². The zero-order chi connectivity index (χ0) is 18.6. The van der Waals surface area contributed by atoms with Crippen LogP contribution in [0.5, 0.6) is 11.5 Å². The summed E-state index contributed by atoms with van der Waals surface area (Å²) in [5.41, 5.74) is -0.103. The summed E-state index contributed by atoms with van der Waals surface area (Å²) in [6.45, 7) is 1.22. The van der Waals surface area contributed by atoms with Crippen molar-refractivity contribution in [2.75, 3.05) is 7.11 Å². The van der Waals surface area contributed by atoms with Crippen LogP contribution in [0.1, 0.15) is 29.0 Å². The first-order chi connectivity index (χ1) is 11.9. The van der Waals surface area contributed by atoms with Gasteiger partial charge in [-0.2, -0.15) is 0 Å². The second-order valence-corrected chi connectivity index (χ2v) is 4.94. The Morgan fingerprint density at radius 2 is 2.24 bits per heavy atom. The number of nitro groups is 1. The van der Waals surface area contributed by atoms with Crippen LogP contribution in [0.4, 0.5) is 5.69 Å². The number of nitrogens with zero attached hydrogens (tertiary/aromatic N) is 4. The van der Waals surface area contributed by atoms with Gasteiger partial charge in [0.25, 0.3) is 0 Å². The van der Waals surface area contributed by atoms with Gasteiger partial charge in [-0.05, 0) is 13.0 Å². The van der Waals surface area contributed by atoms with Gasteiger partial charge in [-0.1, -0.05) is 5.21 Å². The third kappa shape index (κ3) is 3.88. The van der Waals surface area contributed by atoms with Crippen molar-refractivity contribution in [2.24, 2.45) is 0 Å². The average Bonchev–Trinajstić information content (AvgIpc) is 3.06. The summed E-state index contributed by atoms with van der Waals surface area (Å²) in [7, 11) is 1.28. The van der Waals surface area contributed by atoms with Crippen LogP contribution in [0.25, 0.3) is 0 Å². The molecule has 0 fully saturated rings. The minimum Gasteiger partial charge on any atom is -0.493 e. The van der Waals surface area contributed by atoms with E-state index in [9.17, 15) is 19.7 Å². The highest BCUT2D eigenvalue weighted by Gasteiger charge is 2.23. The number of benzene rings is 1. The predicted molar refractivity (Wildman–Crippen MR) is 81.7 cm³/mol. The Kier molecular flexibility index (Phi) is 5.27. The number of aldehydes is 1.